The number of nitrogens with one attached hydrogen (secondary N) is 2. The van der Waals surface area contributed by atoms with Crippen LogP contribution in [0.25, 0.3) is 21.1 Å². The van der Waals surface area contributed by atoms with E-state index in [4.69, 9.17) is 23.2 Å². The van der Waals surface area contributed by atoms with Crippen LogP contribution in [-0.4, -0.2) is 27.1 Å². The first-order chi connectivity index (χ1) is 19.0. The molecule has 2 aromatic heterocycles. The van der Waals surface area contributed by atoms with Gasteiger partial charge in [0.15, 0.2) is 0 Å². The zero-order valence-electron chi connectivity index (χ0n) is 22.5. The molecular weight excluding hydrogens is 542 g/mol. The standard InChI is InChI=1S/C29H30ClN9S/c1-28(2,3)15-36-24-17(11-31)12-35-25-20(24)9-18(10-21(25)30)38-26(19-5-4-6-23-27(19)40-16-37-23)22(33)13-39(34)29(14-32)7-8-29/h4-6,9-10,12-13,16,26,38H,7-8,15,33-34H2,1-3H3,(H,35,36)/b22-13-/t26-/m0/s1. The first kappa shape index (κ1) is 27.5. The van der Waals surface area contributed by atoms with Gasteiger partial charge in [-0.05, 0) is 42.0 Å². The minimum Gasteiger partial charge on any atom is -0.399 e. The van der Waals surface area contributed by atoms with Crippen molar-refractivity contribution in [3.05, 3.63) is 70.1 Å². The second kappa shape index (κ2) is 10.5. The second-order valence-corrected chi connectivity index (χ2v) is 12.5. The highest BCUT2D eigenvalue weighted by atomic mass is 35.5. The number of aromatic nitrogens is 2. The van der Waals surface area contributed by atoms with E-state index < -0.39 is 11.6 Å². The third-order valence-electron chi connectivity index (χ3n) is 6.90. The lowest BCUT2D eigenvalue weighted by molar-refractivity contribution is 0.316. The summed E-state index contributed by atoms with van der Waals surface area (Å²) in [5.41, 5.74) is 12.3. The van der Waals surface area contributed by atoms with E-state index in [2.05, 4.69) is 53.5 Å². The fourth-order valence-electron chi connectivity index (χ4n) is 4.52. The van der Waals surface area contributed by atoms with Crippen LogP contribution in [0.5, 0.6) is 0 Å². The van der Waals surface area contributed by atoms with Crippen LogP contribution in [0.3, 0.4) is 0 Å². The number of thiazole rings is 1. The normalized spacial score (nSPS) is 15.3. The molecule has 0 saturated heterocycles. The van der Waals surface area contributed by atoms with Gasteiger partial charge in [-0.25, -0.2) is 10.8 Å². The van der Waals surface area contributed by atoms with Crippen molar-refractivity contribution in [1.82, 2.24) is 15.0 Å². The first-order valence-corrected chi connectivity index (χ1v) is 14.1. The number of pyridine rings is 1. The van der Waals surface area contributed by atoms with Gasteiger partial charge in [0.25, 0.3) is 0 Å². The van der Waals surface area contributed by atoms with Crippen molar-refractivity contribution in [1.29, 1.82) is 10.5 Å². The number of nitriles is 2. The molecule has 1 aliphatic rings. The van der Waals surface area contributed by atoms with Crippen molar-refractivity contribution < 1.29 is 0 Å². The topological polar surface area (TPSA) is 153 Å². The monoisotopic (exact) mass is 571 g/mol. The number of hydrazine groups is 1. The molecule has 0 unspecified atom stereocenters. The summed E-state index contributed by atoms with van der Waals surface area (Å²) in [6, 6.07) is 13.6. The Hall–Kier alpha value is -4.09. The Morgan fingerprint density at radius 3 is 2.73 bits per heavy atom. The van der Waals surface area contributed by atoms with Crippen LogP contribution in [0.1, 0.15) is 50.8 Å². The van der Waals surface area contributed by atoms with Crippen LogP contribution in [0, 0.1) is 28.1 Å². The molecule has 4 aromatic rings. The summed E-state index contributed by atoms with van der Waals surface area (Å²) in [7, 11) is 0. The molecule has 9 nitrogen and oxygen atoms in total. The van der Waals surface area contributed by atoms with E-state index in [-0.39, 0.29) is 5.41 Å². The Bertz CT molecular complexity index is 1700. The number of halogens is 1. The summed E-state index contributed by atoms with van der Waals surface area (Å²) in [4.78, 5) is 8.93. The van der Waals surface area contributed by atoms with Crippen molar-refractivity contribution in [2.75, 3.05) is 17.2 Å². The highest BCUT2D eigenvalue weighted by Gasteiger charge is 2.47. The Balaban J connectivity index is 1.61. The van der Waals surface area contributed by atoms with Crippen molar-refractivity contribution in [3.8, 4) is 12.1 Å². The highest BCUT2D eigenvalue weighted by molar-refractivity contribution is 7.17. The van der Waals surface area contributed by atoms with Gasteiger partial charge in [-0.2, -0.15) is 10.5 Å². The van der Waals surface area contributed by atoms with Crippen LogP contribution < -0.4 is 22.2 Å². The molecule has 40 heavy (non-hydrogen) atoms. The number of benzene rings is 2. The summed E-state index contributed by atoms with van der Waals surface area (Å²) in [5.74, 6) is 6.29. The molecule has 0 bridgehead atoms. The van der Waals surface area contributed by atoms with Crippen LogP contribution in [-0.2, 0) is 0 Å². The first-order valence-electron chi connectivity index (χ1n) is 12.8. The van der Waals surface area contributed by atoms with E-state index in [1.54, 1.807) is 24.0 Å². The largest absolute Gasteiger partial charge is 0.399 e. The number of anilines is 2. The lowest BCUT2D eigenvalue weighted by Crippen LogP contribution is -2.39. The molecule has 11 heteroatoms. The maximum Gasteiger partial charge on any atom is 0.141 e. The van der Waals surface area contributed by atoms with Crippen molar-refractivity contribution >= 4 is 55.4 Å². The molecule has 0 radical (unpaired) electrons. The Kier molecular flexibility index (Phi) is 7.19. The number of rotatable bonds is 8. The summed E-state index contributed by atoms with van der Waals surface area (Å²) in [6.07, 6.45) is 4.54. The minimum absolute atomic E-state index is 0.0177. The fourth-order valence-corrected chi connectivity index (χ4v) is 5.62. The van der Waals surface area contributed by atoms with Gasteiger partial charge >= 0.3 is 0 Å². The number of fused-ring (bicyclic) bond motifs is 2. The second-order valence-electron chi connectivity index (χ2n) is 11.2. The molecule has 1 saturated carbocycles. The van der Waals surface area contributed by atoms with Crippen molar-refractivity contribution in [2.45, 2.75) is 45.2 Å². The van der Waals surface area contributed by atoms with Gasteiger partial charge in [-0.3, -0.25) is 9.99 Å². The van der Waals surface area contributed by atoms with Gasteiger partial charge in [0, 0.05) is 30.0 Å². The third kappa shape index (κ3) is 5.34. The Labute approximate surface area is 242 Å². The van der Waals surface area contributed by atoms with E-state index in [0.29, 0.717) is 52.6 Å². The molecule has 1 atom stereocenters. The molecule has 1 fully saturated rings. The van der Waals surface area contributed by atoms with Gasteiger partial charge < -0.3 is 16.4 Å². The van der Waals surface area contributed by atoms with Crippen LogP contribution >= 0.6 is 22.9 Å². The predicted molar refractivity (Wildman–Crippen MR) is 161 cm³/mol. The third-order valence-corrected chi connectivity index (χ3v) is 8.08. The van der Waals surface area contributed by atoms with Gasteiger partial charge in [0.05, 0.1) is 55.3 Å². The van der Waals surface area contributed by atoms with E-state index in [1.807, 2.05) is 24.3 Å². The molecule has 2 heterocycles. The zero-order chi connectivity index (χ0) is 28.7. The lowest BCUT2D eigenvalue weighted by atomic mass is 9.96. The van der Waals surface area contributed by atoms with E-state index >= 15 is 0 Å². The quantitative estimate of drug-likeness (QED) is 0.147. The fraction of sp³-hybridized carbons (Fsp3) is 0.310. The van der Waals surface area contributed by atoms with Crippen LogP contribution in [0.2, 0.25) is 5.02 Å². The molecule has 0 spiro atoms. The predicted octanol–water partition coefficient (Wildman–Crippen LogP) is 6.01. The van der Waals surface area contributed by atoms with Gasteiger partial charge in [0.2, 0.25) is 0 Å². The van der Waals surface area contributed by atoms with Crippen LogP contribution in [0.15, 0.2) is 53.9 Å². The summed E-state index contributed by atoms with van der Waals surface area (Å²) in [6.45, 7) is 7.00. The molecule has 204 valence electrons. The average molecular weight is 572 g/mol. The van der Waals surface area contributed by atoms with Crippen molar-refractivity contribution in [3.63, 3.8) is 0 Å². The Morgan fingerprint density at radius 2 is 2.05 bits per heavy atom. The molecule has 5 rings (SSSR count). The van der Waals surface area contributed by atoms with Crippen LogP contribution in [0.4, 0.5) is 11.4 Å². The smallest absolute Gasteiger partial charge is 0.141 e. The van der Waals surface area contributed by atoms with E-state index in [9.17, 15) is 10.5 Å². The number of hydrogen-bond donors (Lipinski definition) is 4. The number of nitrogens with zero attached hydrogens (tertiary/aromatic N) is 5. The highest BCUT2D eigenvalue weighted by Crippen LogP contribution is 2.41. The van der Waals surface area contributed by atoms with E-state index in [1.165, 1.54) is 16.3 Å². The molecular formula is C29H30ClN9S. The summed E-state index contributed by atoms with van der Waals surface area (Å²) >= 11 is 8.27. The summed E-state index contributed by atoms with van der Waals surface area (Å²) < 4.78 is 0.981. The molecule has 1 aliphatic carbocycles. The SMILES string of the molecule is CC(C)(C)CNc1c(C#N)cnc2c(Cl)cc(N[C@H](/C(N)=C/N(N)C3(C#N)CC3)c3cccc4ncsc34)cc12. The van der Waals surface area contributed by atoms with E-state index in [0.717, 1.165) is 21.2 Å². The zero-order valence-corrected chi connectivity index (χ0v) is 24.1. The molecule has 2 aromatic carbocycles. The maximum atomic E-state index is 9.82. The van der Waals surface area contributed by atoms with Gasteiger partial charge in [-0.15, -0.1) is 11.3 Å². The number of hydrogen-bond acceptors (Lipinski definition) is 10. The molecule has 0 aliphatic heterocycles. The van der Waals surface area contributed by atoms with Crippen molar-refractivity contribution in [2.24, 2.45) is 17.0 Å². The lowest BCUT2D eigenvalue weighted by Gasteiger charge is -2.26. The molecule has 6 N–H and O–H groups in total. The van der Waals surface area contributed by atoms with Gasteiger partial charge in [-0.1, -0.05) is 44.5 Å². The van der Waals surface area contributed by atoms with Gasteiger partial charge in [0.1, 0.15) is 11.6 Å². The number of nitrogens with two attached hydrogens (primary N) is 2. The summed E-state index contributed by atoms with van der Waals surface area (Å²) in [5, 5.41) is 29.0. The average Bonchev–Trinajstić information content (AvgIpc) is 3.58. The molecule has 0 amide bonds. The Morgan fingerprint density at radius 1 is 1.27 bits per heavy atom. The maximum absolute atomic E-state index is 9.82. The minimum atomic E-state index is -0.731.